The molecule has 0 radical (unpaired) electrons. The second-order valence-electron chi connectivity index (χ2n) is 15.1. The molecule has 0 saturated carbocycles. The summed E-state index contributed by atoms with van der Waals surface area (Å²) in [6.07, 6.45) is -0.781. The average molecular weight is 832 g/mol. The number of rotatable bonds is 24. The summed E-state index contributed by atoms with van der Waals surface area (Å²) in [6, 6.07) is 1.05. The number of carboxylic acid groups (broad SMARTS) is 2. The Hall–Kier alpha value is -6.12. The maximum atomic E-state index is 13.7. The molecule has 12 N–H and O–H groups in total. The number of hydrogen-bond acceptors (Lipinski definition) is 11. The minimum Gasteiger partial charge on any atom is -0.481 e. The SMILES string of the molecule is CC(C)C[C@H](NC(=O)CNC(=O)[C@@H]1CCCN1C(=O)[C@H](CC(N)=O)NC(=O)[C@H](CC(=O)O)NC(=O)CNC(=O)[C@H](CC(C)C)NC(=O)[C@@H](N)Cc1ccccc1)C(=O)O. The fraction of sp³-hybridized carbons (Fsp3) is 0.579. The summed E-state index contributed by atoms with van der Waals surface area (Å²) in [5, 5.41) is 33.0. The van der Waals surface area contributed by atoms with Gasteiger partial charge >= 0.3 is 11.9 Å². The number of benzene rings is 1. The first-order valence-electron chi connectivity index (χ1n) is 19.3. The highest BCUT2D eigenvalue weighted by Crippen LogP contribution is 2.19. The number of nitrogens with one attached hydrogen (secondary N) is 6. The molecule has 1 aromatic carbocycles. The molecule has 0 aliphatic carbocycles. The second kappa shape index (κ2) is 24.0. The molecule has 6 atom stereocenters. The van der Waals surface area contributed by atoms with E-state index < -0.39 is 121 Å². The predicted octanol–water partition coefficient (Wildman–Crippen LogP) is -2.75. The van der Waals surface area contributed by atoms with Gasteiger partial charge in [-0.1, -0.05) is 58.0 Å². The van der Waals surface area contributed by atoms with E-state index in [1.54, 1.807) is 38.1 Å². The molecule has 1 aromatic rings. The quantitative estimate of drug-likeness (QED) is 0.0506. The Labute approximate surface area is 341 Å². The Morgan fingerprint density at radius 3 is 1.83 bits per heavy atom. The van der Waals surface area contributed by atoms with E-state index in [4.69, 9.17) is 11.5 Å². The lowest BCUT2D eigenvalue weighted by atomic mass is 10.0. The van der Waals surface area contributed by atoms with Crippen LogP contribution in [0.2, 0.25) is 0 Å². The van der Waals surface area contributed by atoms with Crippen molar-refractivity contribution in [3.8, 4) is 0 Å². The van der Waals surface area contributed by atoms with Crippen molar-refractivity contribution in [2.45, 2.75) is 109 Å². The van der Waals surface area contributed by atoms with Crippen LogP contribution in [0.5, 0.6) is 0 Å². The predicted molar refractivity (Wildman–Crippen MR) is 209 cm³/mol. The van der Waals surface area contributed by atoms with Crippen molar-refractivity contribution in [2.75, 3.05) is 19.6 Å². The van der Waals surface area contributed by atoms with Crippen LogP contribution in [0.25, 0.3) is 0 Å². The van der Waals surface area contributed by atoms with E-state index in [1.165, 1.54) is 0 Å². The second-order valence-corrected chi connectivity index (χ2v) is 15.1. The highest BCUT2D eigenvalue weighted by atomic mass is 16.4. The van der Waals surface area contributed by atoms with Gasteiger partial charge in [-0.3, -0.25) is 43.2 Å². The fourth-order valence-electron chi connectivity index (χ4n) is 6.26. The van der Waals surface area contributed by atoms with Crippen LogP contribution in [0.4, 0.5) is 0 Å². The molecule has 8 amide bonds. The lowest BCUT2D eigenvalue weighted by Gasteiger charge is -2.29. The lowest BCUT2D eigenvalue weighted by Crippen LogP contribution is -2.58. The largest absolute Gasteiger partial charge is 0.481 e. The standard InChI is InChI=1S/C38H57N9O12/c1-20(2)13-24(45-33(53)23(39)15-22-9-6-5-7-10-22)34(54)41-18-30(49)43-25(17-32(51)52)35(55)46-26(16-29(40)48)37(57)47-12-8-11-28(47)36(56)42-19-31(50)44-27(38(58)59)14-21(3)4/h5-7,9-10,20-21,23-28H,8,11-19,39H2,1-4H3,(H2,40,48)(H,41,54)(H,42,56)(H,43,49)(H,44,50)(H,45,53)(H,46,55)(H,51,52)(H,58,59)/t23-,24-,25-,26-,27-,28-/m0/s1. The maximum Gasteiger partial charge on any atom is 0.326 e. The fourth-order valence-corrected chi connectivity index (χ4v) is 6.26. The third-order valence-electron chi connectivity index (χ3n) is 9.05. The number of carbonyl (C=O) groups excluding carboxylic acids is 8. The van der Waals surface area contributed by atoms with Crippen LogP contribution in [-0.4, -0.2) is 130 Å². The van der Waals surface area contributed by atoms with Gasteiger partial charge in [-0.15, -0.1) is 0 Å². The molecule has 1 saturated heterocycles. The van der Waals surface area contributed by atoms with E-state index in [1.807, 2.05) is 19.9 Å². The van der Waals surface area contributed by atoms with Gasteiger partial charge in [0.05, 0.1) is 32.0 Å². The van der Waals surface area contributed by atoms with Crippen molar-refractivity contribution in [2.24, 2.45) is 23.3 Å². The number of carboxylic acids is 2. The molecule has 2 rings (SSSR count). The van der Waals surface area contributed by atoms with Crippen molar-refractivity contribution in [3.05, 3.63) is 35.9 Å². The van der Waals surface area contributed by atoms with E-state index >= 15 is 0 Å². The number of hydrogen-bond donors (Lipinski definition) is 10. The van der Waals surface area contributed by atoms with Crippen molar-refractivity contribution >= 4 is 59.2 Å². The number of likely N-dealkylation sites (tertiary alicyclic amines) is 1. The lowest BCUT2D eigenvalue weighted by molar-refractivity contribution is -0.144. The van der Waals surface area contributed by atoms with Crippen LogP contribution in [0.1, 0.15) is 71.8 Å². The first-order valence-corrected chi connectivity index (χ1v) is 19.3. The van der Waals surface area contributed by atoms with Gasteiger partial charge in [0, 0.05) is 6.54 Å². The van der Waals surface area contributed by atoms with Gasteiger partial charge < -0.3 is 58.5 Å². The molecule has 326 valence electrons. The third kappa shape index (κ3) is 17.5. The van der Waals surface area contributed by atoms with Crippen LogP contribution in [-0.2, 0) is 54.4 Å². The van der Waals surface area contributed by atoms with Crippen molar-refractivity contribution in [1.82, 2.24) is 36.8 Å². The van der Waals surface area contributed by atoms with Crippen molar-refractivity contribution in [1.29, 1.82) is 0 Å². The normalized spacial score (nSPS) is 16.1. The molecule has 1 fully saturated rings. The number of carbonyl (C=O) groups is 10. The van der Waals surface area contributed by atoms with Crippen molar-refractivity contribution in [3.63, 3.8) is 0 Å². The Balaban J connectivity index is 2.08. The molecule has 21 heteroatoms. The Bertz CT molecular complexity index is 1690. The van der Waals surface area contributed by atoms with E-state index in [0.717, 1.165) is 10.5 Å². The highest BCUT2D eigenvalue weighted by molar-refractivity contribution is 5.99. The van der Waals surface area contributed by atoms with Gasteiger partial charge in [-0.2, -0.15) is 0 Å². The highest BCUT2D eigenvalue weighted by Gasteiger charge is 2.39. The average Bonchev–Trinajstić information content (AvgIpc) is 3.64. The van der Waals surface area contributed by atoms with Gasteiger partial charge in [0.25, 0.3) is 0 Å². The zero-order valence-electron chi connectivity index (χ0n) is 33.7. The van der Waals surface area contributed by atoms with Gasteiger partial charge in [0.1, 0.15) is 30.2 Å². The topological polar surface area (TPSA) is 339 Å². The molecular weight excluding hydrogens is 774 g/mol. The summed E-state index contributed by atoms with van der Waals surface area (Å²) in [5.74, 6) is -9.99. The summed E-state index contributed by atoms with van der Waals surface area (Å²) in [4.78, 5) is 128. The van der Waals surface area contributed by atoms with Crippen LogP contribution >= 0.6 is 0 Å². The number of amides is 8. The van der Waals surface area contributed by atoms with Gasteiger partial charge in [-0.05, 0) is 49.5 Å². The van der Waals surface area contributed by atoms with E-state index in [0.29, 0.717) is 6.42 Å². The Kier molecular flexibility index (Phi) is 19.9. The van der Waals surface area contributed by atoms with Crippen molar-refractivity contribution < 1.29 is 58.2 Å². The smallest absolute Gasteiger partial charge is 0.326 e. The maximum absolute atomic E-state index is 13.7. The number of primary amides is 1. The molecule has 0 bridgehead atoms. The zero-order chi connectivity index (χ0) is 44.4. The van der Waals surface area contributed by atoms with Crippen LogP contribution in [0, 0.1) is 11.8 Å². The number of aliphatic carboxylic acids is 2. The van der Waals surface area contributed by atoms with Crippen LogP contribution < -0.4 is 43.4 Å². The third-order valence-corrected chi connectivity index (χ3v) is 9.05. The van der Waals surface area contributed by atoms with Crippen LogP contribution in [0.3, 0.4) is 0 Å². The van der Waals surface area contributed by atoms with E-state index in [2.05, 4.69) is 31.9 Å². The molecule has 0 aromatic heterocycles. The summed E-state index contributed by atoms with van der Waals surface area (Å²) >= 11 is 0. The van der Waals surface area contributed by atoms with E-state index in [-0.39, 0.29) is 44.1 Å². The zero-order valence-corrected chi connectivity index (χ0v) is 33.7. The number of nitrogens with two attached hydrogens (primary N) is 2. The molecule has 1 aliphatic rings. The molecule has 0 spiro atoms. The van der Waals surface area contributed by atoms with Gasteiger partial charge in [-0.25, -0.2) is 4.79 Å². The summed E-state index contributed by atoms with van der Waals surface area (Å²) in [5.41, 5.74) is 12.2. The summed E-state index contributed by atoms with van der Waals surface area (Å²) in [6.45, 7) is 5.81. The minimum absolute atomic E-state index is 0.00403. The molecule has 1 heterocycles. The van der Waals surface area contributed by atoms with Gasteiger partial charge in [0.2, 0.25) is 47.3 Å². The molecular formula is C38H57N9O12. The first-order chi connectivity index (χ1) is 27.7. The first kappa shape index (κ1) is 49.0. The van der Waals surface area contributed by atoms with Gasteiger partial charge in [0.15, 0.2) is 0 Å². The Morgan fingerprint density at radius 1 is 0.712 bits per heavy atom. The van der Waals surface area contributed by atoms with E-state index in [9.17, 15) is 58.2 Å². The summed E-state index contributed by atoms with van der Waals surface area (Å²) < 4.78 is 0. The Morgan fingerprint density at radius 2 is 1.27 bits per heavy atom. The summed E-state index contributed by atoms with van der Waals surface area (Å²) in [7, 11) is 0. The number of nitrogens with zero attached hydrogens (tertiary/aromatic N) is 1. The molecule has 1 aliphatic heterocycles. The molecule has 0 unspecified atom stereocenters. The molecule has 21 nitrogen and oxygen atoms in total. The minimum atomic E-state index is -1.82. The monoisotopic (exact) mass is 831 g/mol. The van der Waals surface area contributed by atoms with Crippen LogP contribution in [0.15, 0.2) is 30.3 Å². The molecule has 59 heavy (non-hydrogen) atoms.